The summed E-state index contributed by atoms with van der Waals surface area (Å²) in [4.78, 5) is 26.1. The Morgan fingerprint density at radius 3 is 2.88 bits per heavy atom. The van der Waals surface area contributed by atoms with Crippen LogP contribution in [0.5, 0.6) is 0 Å². The lowest BCUT2D eigenvalue weighted by atomic mass is 10.1. The molecule has 7 nitrogen and oxygen atoms in total. The molecule has 0 radical (unpaired) electrons. The van der Waals surface area contributed by atoms with Gasteiger partial charge >= 0.3 is 0 Å². The standard InChI is InChI=1S/C9H12N6O/c1-9(2,8(10)16)15-7-5-6(12-3-11-5)13-4-14-7/h3-4H,1-2H3,(H2,10,16)(H2,11,12,13,14,15). The zero-order valence-corrected chi connectivity index (χ0v) is 8.98. The van der Waals surface area contributed by atoms with Crippen molar-refractivity contribution in [3.05, 3.63) is 12.7 Å². The molecule has 2 aromatic rings. The fourth-order valence-corrected chi connectivity index (χ4v) is 1.22. The van der Waals surface area contributed by atoms with E-state index in [9.17, 15) is 4.79 Å². The number of nitrogens with two attached hydrogens (primary N) is 1. The molecule has 1 amide bonds. The molecule has 0 fully saturated rings. The van der Waals surface area contributed by atoms with Crippen LogP contribution in [0.2, 0.25) is 0 Å². The number of H-pyrrole nitrogens is 1. The molecule has 0 saturated heterocycles. The van der Waals surface area contributed by atoms with Gasteiger partial charge in [-0.1, -0.05) is 0 Å². The number of carbonyl (C=O) groups is 1. The SMILES string of the molecule is CC(C)(Nc1ncnc2nc[nH]c12)C(N)=O. The molecule has 84 valence electrons. The van der Waals surface area contributed by atoms with Crippen LogP contribution in [0.25, 0.3) is 11.2 Å². The number of hydrogen-bond acceptors (Lipinski definition) is 5. The zero-order chi connectivity index (χ0) is 11.8. The van der Waals surface area contributed by atoms with Crippen LogP contribution >= 0.6 is 0 Å². The normalized spacial score (nSPS) is 11.6. The molecule has 0 aliphatic carbocycles. The monoisotopic (exact) mass is 220 g/mol. The summed E-state index contributed by atoms with van der Waals surface area (Å²) in [6, 6.07) is 0. The van der Waals surface area contributed by atoms with E-state index in [-0.39, 0.29) is 0 Å². The number of amides is 1. The van der Waals surface area contributed by atoms with Crippen molar-refractivity contribution in [2.75, 3.05) is 5.32 Å². The largest absolute Gasteiger partial charge is 0.368 e. The van der Waals surface area contributed by atoms with Gasteiger partial charge in [0.05, 0.1) is 6.33 Å². The van der Waals surface area contributed by atoms with Crippen molar-refractivity contribution in [3.8, 4) is 0 Å². The minimum Gasteiger partial charge on any atom is -0.368 e. The maximum atomic E-state index is 11.2. The Hall–Kier alpha value is -2.18. The molecule has 0 aliphatic heterocycles. The first-order chi connectivity index (χ1) is 7.50. The number of anilines is 1. The van der Waals surface area contributed by atoms with Gasteiger partial charge in [-0.3, -0.25) is 4.79 Å². The molecule has 2 heterocycles. The molecular formula is C9H12N6O. The third-order valence-electron chi connectivity index (χ3n) is 2.27. The number of carbonyl (C=O) groups excluding carboxylic acids is 1. The minimum atomic E-state index is -0.883. The van der Waals surface area contributed by atoms with Gasteiger partial charge in [0.25, 0.3) is 0 Å². The third-order valence-corrected chi connectivity index (χ3v) is 2.27. The number of rotatable bonds is 3. The number of primary amides is 1. The molecule has 7 heteroatoms. The van der Waals surface area contributed by atoms with Crippen LogP contribution in [-0.2, 0) is 4.79 Å². The molecule has 2 aromatic heterocycles. The van der Waals surface area contributed by atoms with Gasteiger partial charge in [-0.25, -0.2) is 15.0 Å². The van der Waals surface area contributed by atoms with E-state index in [1.54, 1.807) is 13.8 Å². The molecule has 0 aliphatic rings. The summed E-state index contributed by atoms with van der Waals surface area (Å²) in [5.41, 5.74) is 5.57. The highest BCUT2D eigenvalue weighted by atomic mass is 16.1. The van der Waals surface area contributed by atoms with Crippen molar-refractivity contribution in [1.29, 1.82) is 0 Å². The highest BCUT2D eigenvalue weighted by molar-refractivity contribution is 5.90. The minimum absolute atomic E-state index is 0.459. The number of nitrogens with zero attached hydrogens (tertiary/aromatic N) is 3. The van der Waals surface area contributed by atoms with Crippen LogP contribution in [0.15, 0.2) is 12.7 Å². The van der Waals surface area contributed by atoms with Gasteiger partial charge in [0.1, 0.15) is 17.4 Å². The lowest BCUT2D eigenvalue weighted by Gasteiger charge is -2.22. The molecular weight excluding hydrogens is 208 g/mol. The Morgan fingerprint density at radius 2 is 2.19 bits per heavy atom. The van der Waals surface area contributed by atoms with Gasteiger partial charge in [0, 0.05) is 0 Å². The van der Waals surface area contributed by atoms with E-state index in [2.05, 4.69) is 25.3 Å². The smallest absolute Gasteiger partial charge is 0.242 e. The number of imidazole rings is 1. The summed E-state index contributed by atoms with van der Waals surface area (Å²) in [7, 11) is 0. The first kappa shape index (κ1) is 10.3. The van der Waals surface area contributed by atoms with E-state index in [0.717, 1.165) is 0 Å². The highest BCUT2D eigenvalue weighted by Gasteiger charge is 2.26. The van der Waals surface area contributed by atoms with E-state index >= 15 is 0 Å². The van der Waals surface area contributed by atoms with Gasteiger partial charge in [0.15, 0.2) is 11.5 Å². The first-order valence-corrected chi connectivity index (χ1v) is 4.73. The summed E-state index contributed by atoms with van der Waals surface area (Å²) >= 11 is 0. The number of hydrogen-bond donors (Lipinski definition) is 3. The van der Waals surface area contributed by atoms with Crippen LogP contribution in [-0.4, -0.2) is 31.4 Å². The van der Waals surface area contributed by atoms with Gasteiger partial charge in [-0.15, -0.1) is 0 Å². The molecule has 0 saturated carbocycles. The average molecular weight is 220 g/mol. The van der Waals surface area contributed by atoms with Crippen molar-refractivity contribution < 1.29 is 4.79 Å². The van der Waals surface area contributed by atoms with Crippen LogP contribution in [0, 0.1) is 0 Å². The predicted molar refractivity (Wildman–Crippen MR) is 58.6 cm³/mol. The lowest BCUT2D eigenvalue weighted by molar-refractivity contribution is -0.121. The van der Waals surface area contributed by atoms with Gasteiger partial charge < -0.3 is 16.0 Å². The molecule has 0 bridgehead atoms. The molecule has 16 heavy (non-hydrogen) atoms. The van der Waals surface area contributed by atoms with Crippen molar-refractivity contribution in [3.63, 3.8) is 0 Å². The molecule has 0 unspecified atom stereocenters. The van der Waals surface area contributed by atoms with E-state index < -0.39 is 11.4 Å². The maximum absolute atomic E-state index is 11.2. The second-order valence-electron chi connectivity index (χ2n) is 3.94. The summed E-state index contributed by atoms with van der Waals surface area (Å²) < 4.78 is 0. The van der Waals surface area contributed by atoms with Crippen molar-refractivity contribution in [2.45, 2.75) is 19.4 Å². The number of fused-ring (bicyclic) bond motifs is 1. The van der Waals surface area contributed by atoms with Crippen molar-refractivity contribution in [2.24, 2.45) is 5.73 Å². The quantitative estimate of drug-likeness (QED) is 0.676. The Balaban J connectivity index is 2.41. The summed E-state index contributed by atoms with van der Waals surface area (Å²) in [5.74, 6) is 0.0464. The number of aromatic amines is 1. The van der Waals surface area contributed by atoms with Gasteiger partial charge in [-0.2, -0.15) is 0 Å². The molecule has 0 aromatic carbocycles. The van der Waals surface area contributed by atoms with E-state index in [4.69, 9.17) is 5.73 Å². The molecule has 2 rings (SSSR count). The Labute approximate surface area is 91.5 Å². The zero-order valence-electron chi connectivity index (χ0n) is 8.98. The van der Waals surface area contributed by atoms with Crippen molar-refractivity contribution in [1.82, 2.24) is 19.9 Å². The van der Waals surface area contributed by atoms with Crippen LogP contribution in [0.3, 0.4) is 0 Å². The Kier molecular flexibility index (Phi) is 2.22. The topological polar surface area (TPSA) is 110 Å². The number of aromatic nitrogens is 4. The van der Waals surface area contributed by atoms with Crippen LogP contribution < -0.4 is 11.1 Å². The van der Waals surface area contributed by atoms with E-state index in [1.165, 1.54) is 12.7 Å². The van der Waals surface area contributed by atoms with E-state index in [0.29, 0.717) is 17.0 Å². The lowest BCUT2D eigenvalue weighted by Crippen LogP contribution is -2.45. The third kappa shape index (κ3) is 1.67. The molecule has 0 spiro atoms. The van der Waals surface area contributed by atoms with Crippen molar-refractivity contribution >= 4 is 22.9 Å². The second-order valence-corrected chi connectivity index (χ2v) is 3.94. The average Bonchev–Trinajstić information content (AvgIpc) is 2.65. The Bertz CT molecular complexity index is 532. The van der Waals surface area contributed by atoms with Crippen LogP contribution in [0.4, 0.5) is 5.82 Å². The highest BCUT2D eigenvalue weighted by Crippen LogP contribution is 2.18. The molecule has 0 atom stereocenters. The fourth-order valence-electron chi connectivity index (χ4n) is 1.22. The van der Waals surface area contributed by atoms with Crippen LogP contribution in [0.1, 0.15) is 13.8 Å². The summed E-state index contributed by atoms with van der Waals surface area (Å²) in [6.45, 7) is 3.36. The van der Waals surface area contributed by atoms with Gasteiger partial charge in [0.2, 0.25) is 5.91 Å². The summed E-state index contributed by atoms with van der Waals surface area (Å²) in [5, 5.41) is 2.95. The van der Waals surface area contributed by atoms with E-state index in [1.807, 2.05) is 0 Å². The Morgan fingerprint density at radius 1 is 1.44 bits per heavy atom. The first-order valence-electron chi connectivity index (χ1n) is 4.73. The fraction of sp³-hybridized carbons (Fsp3) is 0.333. The predicted octanol–water partition coefficient (Wildman–Crippen LogP) is 0.0287. The van der Waals surface area contributed by atoms with Gasteiger partial charge in [-0.05, 0) is 13.8 Å². The summed E-state index contributed by atoms with van der Waals surface area (Å²) in [6.07, 6.45) is 2.89. The maximum Gasteiger partial charge on any atom is 0.242 e. The molecule has 4 N–H and O–H groups in total. The number of nitrogens with one attached hydrogen (secondary N) is 2. The second kappa shape index (κ2) is 3.44.